The topological polar surface area (TPSA) is 74.2 Å². The van der Waals surface area contributed by atoms with Gasteiger partial charge in [-0.2, -0.15) is 0 Å². The SMILES string of the molecule is CN=C(NCC1(S(C)(=O)=O)CCOCC1)N1CCN(Cc2cccc(Cl)c2)CC1.I. The summed E-state index contributed by atoms with van der Waals surface area (Å²) in [6.07, 6.45) is 2.36. The Morgan fingerprint density at radius 1 is 1.23 bits per heavy atom. The van der Waals surface area contributed by atoms with Crippen molar-refractivity contribution in [2.45, 2.75) is 24.1 Å². The van der Waals surface area contributed by atoms with Crippen LogP contribution in [0.15, 0.2) is 29.3 Å². The molecule has 3 rings (SSSR count). The Morgan fingerprint density at radius 3 is 2.47 bits per heavy atom. The van der Waals surface area contributed by atoms with Crippen molar-refractivity contribution in [2.24, 2.45) is 4.99 Å². The molecule has 1 N–H and O–H groups in total. The summed E-state index contributed by atoms with van der Waals surface area (Å²) in [7, 11) is -1.46. The smallest absolute Gasteiger partial charge is 0.193 e. The van der Waals surface area contributed by atoms with Crippen LogP contribution in [0.4, 0.5) is 0 Å². The van der Waals surface area contributed by atoms with Gasteiger partial charge >= 0.3 is 0 Å². The molecule has 2 heterocycles. The molecule has 0 radical (unpaired) electrons. The molecule has 30 heavy (non-hydrogen) atoms. The maximum Gasteiger partial charge on any atom is 0.193 e. The van der Waals surface area contributed by atoms with Crippen LogP contribution in [0.3, 0.4) is 0 Å². The predicted octanol–water partition coefficient (Wildman–Crippen LogP) is 2.24. The van der Waals surface area contributed by atoms with E-state index in [1.807, 2.05) is 18.2 Å². The minimum Gasteiger partial charge on any atom is -0.381 e. The number of guanidine groups is 1. The summed E-state index contributed by atoms with van der Waals surface area (Å²) in [6, 6.07) is 7.97. The van der Waals surface area contributed by atoms with Gasteiger partial charge in [0, 0.05) is 70.8 Å². The summed E-state index contributed by atoms with van der Waals surface area (Å²) >= 11 is 6.09. The summed E-state index contributed by atoms with van der Waals surface area (Å²) < 4.78 is 29.5. The highest BCUT2D eigenvalue weighted by Crippen LogP contribution is 2.28. The highest BCUT2D eigenvalue weighted by atomic mass is 127. The number of ether oxygens (including phenoxy) is 1. The number of sulfone groups is 1. The zero-order valence-corrected chi connectivity index (χ0v) is 21.5. The van der Waals surface area contributed by atoms with Crippen molar-refractivity contribution in [2.75, 3.05) is 59.2 Å². The molecule has 0 spiro atoms. The van der Waals surface area contributed by atoms with Crippen LogP contribution in [0.25, 0.3) is 0 Å². The molecular formula is C20H32ClIN4O3S. The summed E-state index contributed by atoms with van der Waals surface area (Å²) in [5.41, 5.74) is 1.21. The highest BCUT2D eigenvalue weighted by molar-refractivity contribution is 14.0. The van der Waals surface area contributed by atoms with Crippen molar-refractivity contribution in [3.05, 3.63) is 34.9 Å². The molecule has 1 aromatic rings. The Kier molecular flexibility index (Phi) is 9.66. The van der Waals surface area contributed by atoms with Crippen LogP contribution < -0.4 is 5.32 Å². The molecule has 2 aliphatic rings. The van der Waals surface area contributed by atoms with Crippen molar-refractivity contribution in [3.8, 4) is 0 Å². The molecule has 2 fully saturated rings. The standard InChI is InChI=1S/C20H31ClN4O3S.HI/c1-22-19(23-16-20(29(2,26)27)6-12-28-13-7-20)25-10-8-24(9-11-25)15-17-4-3-5-18(21)14-17;/h3-5,14H,6-13,15-16H2,1-2H3,(H,22,23);1H. The highest BCUT2D eigenvalue weighted by Gasteiger charge is 2.42. The third-order valence-electron chi connectivity index (χ3n) is 5.94. The fourth-order valence-electron chi connectivity index (χ4n) is 4.01. The lowest BCUT2D eigenvalue weighted by atomic mass is 9.99. The van der Waals surface area contributed by atoms with Crippen LogP contribution in [-0.2, 0) is 21.1 Å². The van der Waals surface area contributed by atoms with Crippen LogP contribution in [0.1, 0.15) is 18.4 Å². The third-order valence-corrected chi connectivity index (χ3v) is 8.30. The van der Waals surface area contributed by atoms with Crippen LogP contribution >= 0.6 is 35.6 Å². The first-order valence-electron chi connectivity index (χ1n) is 10.0. The molecule has 0 aromatic heterocycles. The molecule has 170 valence electrons. The normalized spacial score (nSPS) is 20.5. The van der Waals surface area contributed by atoms with Crippen LogP contribution in [0, 0.1) is 0 Å². The maximum atomic E-state index is 12.5. The van der Waals surface area contributed by atoms with Gasteiger partial charge in [0.05, 0.1) is 4.75 Å². The molecule has 2 aliphatic heterocycles. The van der Waals surface area contributed by atoms with Gasteiger partial charge in [0.25, 0.3) is 0 Å². The van der Waals surface area contributed by atoms with Gasteiger partial charge in [-0.1, -0.05) is 23.7 Å². The van der Waals surface area contributed by atoms with Crippen molar-refractivity contribution >= 4 is 51.4 Å². The number of aliphatic imine (C=N–C) groups is 1. The summed E-state index contributed by atoms with van der Waals surface area (Å²) in [5.74, 6) is 0.766. The van der Waals surface area contributed by atoms with E-state index in [0.29, 0.717) is 32.6 Å². The first-order chi connectivity index (χ1) is 13.8. The fraction of sp³-hybridized carbons (Fsp3) is 0.650. The van der Waals surface area contributed by atoms with Gasteiger partial charge in [0.15, 0.2) is 15.8 Å². The Bertz CT molecular complexity index is 823. The van der Waals surface area contributed by atoms with Crippen molar-refractivity contribution in [3.63, 3.8) is 0 Å². The lowest BCUT2D eigenvalue weighted by Crippen LogP contribution is -2.57. The van der Waals surface area contributed by atoms with Gasteiger partial charge in [-0.25, -0.2) is 8.42 Å². The number of hydrogen-bond donors (Lipinski definition) is 1. The number of rotatable bonds is 5. The molecule has 0 aliphatic carbocycles. The molecule has 0 saturated carbocycles. The van der Waals surface area contributed by atoms with E-state index in [2.05, 4.69) is 26.2 Å². The van der Waals surface area contributed by atoms with Crippen LogP contribution in [0.2, 0.25) is 5.02 Å². The number of benzene rings is 1. The molecule has 10 heteroatoms. The zero-order valence-electron chi connectivity index (χ0n) is 17.6. The summed E-state index contributed by atoms with van der Waals surface area (Å²) in [6.45, 7) is 5.72. The van der Waals surface area contributed by atoms with E-state index in [0.717, 1.165) is 43.7 Å². The number of nitrogens with zero attached hydrogens (tertiary/aromatic N) is 3. The van der Waals surface area contributed by atoms with Crippen molar-refractivity contribution in [1.82, 2.24) is 15.1 Å². The average molecular weight is 571 g/mol. The average Bonchev–Trinajstić information content (AvgIpc) is 2.69. The lowest BCUT2D eigenvalue weighted by Gasteiger charge is -2.39. The van der Waals surface area contributed by atoms with Crippen LogP contribution in [-0.4, -0.2) is 88.2 Å². The minimum absolute atomic E-state index is 0. The fourth-order valence-corrected chi connectivity index (χ4v) is 5.46. The molecular weight excluding hydrogens is 539 g/mol. The lowest BCUT2D eigenvalue weighted by molar-refractivity contribution is 0.0753. The molecule has 1 aromatic carbocycles. The molecule has 2 saturated heterocycles. The minimum atomic E-state index is -3.20. The second-order valence-electron chi connectivity index (χ2n) is 7.86. The predicted molar refractivity (Wildman–Crippen MR) is 133 cm³/mol. The van der Waals surface area contributed by atoms with Gasteiger partial charge in [0.2, 0.25) is 0 Å². The largest absolute Gasteiger partial charge is 0.381 e. The van der Waals surface area contributed by atoms with E-state index in [1.54, 1.807) is 7.05 Å². The number of hydrogen-bond acceptors (Lipinski definition) is 5. The molecule has 0 bridgehead atoms. The van der Waals surface area contributed by atoms with Crippen molar-refractivity contribution < 1.29 is 13.2 Å². The number of nitrogens with one attached hydrogen (secondary N) is 1. The van der Waals surface area contributed by atoms with E-state index >= 15 is 0 Å². The van der Waals surface area contributed by atoms with E-state index in [-0.39, 0.29) is 24.0 Å². The quantitative estimate of drug-likeness (QED) is 0.333. The van der Waals surface area contributed by atoms with Gasteiger partial charge in [-0.05, 0) is 30.5 Å². The monoisotopic (exact) mass is 570 g/mol. The molecule has 0 atom stereocenters. The molecule has 0 unspecified atom stereocenters. The second-order valence-corrected chi connectivity index (χ2v) is 10.7. The summed E-state index contributed by atoms with van der Waals surface area (Å²) in [5, 5.41) is 4.10. The Morgan fingerprint density at radius 2 is 1.90 bits per heavy atom. The van der Waals surface area contributed by atoms with Crippen molar-refractivity contribution in [1.29, 1.82) is 0 Å². The second kappa shape index (κ2) is 11.3. The third kappa shape index (κ3) is 6.44. The first-order valence-corrected chi connectivity index (χ1v) is 12.3. The maximum absolute atomic E-state index is 12.5. The van der Waals surface area contributed by atoms with E-state index in [4.69, 9.17) is 16.3 Å². The Hall–Kier alpha value is -0.620. The van der Waals surface area contributed by atoms with Gasteiger partial charge in [0.1, 0.15) is 0 Å². The van der Waals surface area contributed by atoms with E-state index < -0.39 is 14.6 Å². The van der Waals surface area contributed by atoms with Gasteiger partial charge in [-0.15, -0.1) is 24.0 Å². The number of piperazine rings is 1. The Balaban J connectivity index is 0.00000320. The summed E-state index contributed by atoms with van der Waals surface area (Å²) in [4.78, 5) is 8.99. The zero-order chi connectivity index (χ0) is 20.9. The van der Waals surface area contributed by atoms with Gasteiger partial charge < -0.3 is 15.0 Å². The molecule has 7 nitrogen and oxygen atoms in total. The van der Waals surface area contributed by atoms with E-state index in [9.17, 15) is 8.42 Å². The Labute approximate surface area is 202 Å². The van der Waals surface area contributed by atoms with E-state index in [1.165, 1.54) is 11.8 Å². The van der Waals surface area contributed by atoms with Gasteiger partial charge in [-0.3, -0.25) is 9.89 Å². The first kappa shape index (κ1) is 25.6. The number of halogens is 2. The molecule has 0 amide bonds. The van der Waals surface area contributed by atoms with Crippen LogP contribution in [0.5, 0.6) is 0 Å².